The smallest absolute Gasteiger partial charge is 0.146 e. The Labute approximate surface area is 124 Å². The maximum absolute atomic E-state index is 10.3. The lowest BCUT2D eigenvalue weighted by Crippen LogP contribution is -2.40. The molecule has 1 fully saturated rings. The average molecular weight is 287 g/mol. The number of hydrogen-bond donors (Lipinski definition) is 2. The second kappa shape index (κ2) is 9.72. The van der Waals surface area contributed by atoms with Gasteiger partial charge in [0, 0.05) is 19.6 Å². The van der Waals surface area contributed by atoms with Gasteiger partial charge in [-0.1, -0.05) is 46.0 Å². The molecule has 0 radical (unpaired) electrons. The third kappa shape index (κ3) is 6.53. The lowest BCUT2D eigenvalue weighted by molar-refractivity contribution is -0.101. The molecule has 1 aliphatic rings. The average Bonchev–Trinajstić information content (AvgIpc) is 2.43. The second-order valence-corrected chi connectivity index (χ2v) is 6.56. The number of hydrogen-bond acceptors (Lipinski definition) is 4. The van der Waals surface area contributed by atoms with E-state index in [1.165, 1.54) is 32.1 Å². The molecule has 0 heterocycles. The fourth-order valence-electron chi connectivity index (χ4n) is 3.07. The molecule has 0 unspecified atom stereocenters. The molecule has 0 aromatic carbocycles. The Hall–Kier alpha value is -0.160. The van der Waals surface area contributed by atoms with Crippen molar-refractivity contribution in [1.82, 2.24) is 0 Å². The Balaban J connectivity index is 2.35. The molecule has 1 aliphatic carbocycles. The minimum Gasteiger partial charge on any atom is -0.391 e. The third-order valence-electron chi connectivity index (χ3n) is 4.44. The molecular weight excluding hydrogens is 254 g/mol. The first-order valence-electron chi connectivity index (χ1n) is 8.08. The molecule has 0 amide bonds. The third-order valence-corrected chi connectivity index (χ3v) is 4.44. The number of methoxy groups -OCH3 is 1. The van der Waals surface area contributed by atoms with Gasteiger partial charge >= 0.3 is 0 Å². The van der Waals surface area contributed by atoms with E-state index in [0.717, 1.165) is 6.42 Å². The van der Waals surface area contributed by atoms with Crippen molar-refractivity contribution in [3.05, 3.63) is 0 Å². The van der Waals surface area contributed by atoms with E-state index in [9.17, 15) is 5.11 Å². The second-order valence-electron chi connectivity index (χ2n) is 6.56. The number of nitrogens with two attached hydrogens (primary N) is 1. The fraction of sp³-hybridized carbons (Fsp3) is 1.00. The van der Waals surface area contributed by atoms with Gasteiger partial charge in [-0.25, -0.2) is 0 Å². The van der Waals surface area contributed by atoms with Crippen LogP contribution in [0.3, 0.4) is 0 Å². The highest BCUT2D eigenvalue weighted by Gasteiger charge is 2.25. The van der Waals surface area contributed by atoms with Crippen molar-refractivity contribution in [1.29, 1.82) is 0 Å². The van der Waals surface area contributed by atoms with Crippen LogP contribution in [0.5, 0.6) is 0 Å². The van der Waals surface area contributed by atoms with Gasteiger partial charge in [-0.2, -0.15) is 0 Å². The first-order valence-corrected chi connectivity index (χ1v) is 8.08. The van der Waals surface area contributed by atoms with Crippen LogP contribution in [0.1, 0.15) is 58.8 Å². The Morgan fingerprint density at radius 3 is 2.40 bits per heavy atom. The molecule has 0 aromatic heterocycles. The van der Waals surface area contributed by atoms with Gasteiger partial charge in [-0.15, -0.1) is 0 Å². The molecular formula is C16H33NO3. The highest BCUT2D eigenvalue weighted by atomic mass is 16.7. The lowest BCUT2D eigenvalue weighted by atomic mass is 9.83. The van der Waals surface area contributed by atoms with E-state index < -0.39 is 6.10 Å². The number of aliphatic hydroxyl groups excluding tert-OH is 1. The van der Waals surface area contributed by atoms with Gasteiger partial charge in [0.25, 0.3) is 0 Å². The molecule has 0 saturated heterocycles. The Bertz CT molecular complexity index is 242. The van der Waals surface area contributed by atoms with Gasteiger partial charge in [0.2, 0.25) is 0 Å². The summed E-state index contributed by atoms with van der Waals surface area (Å²) in [7, 11) is 1.61. The molecule has 120 valence electrons. The van der Waals surface area contributed by atoms with Crippen LogP contribution in [0.2, 0.25) is 0 Å². The molecule has 1 rings (SSSR count). The van der Waals surface area contributed by atoms with E-state index in [1.807, 2.05) is 0 Å². The predicted octanol–water partition coefficient (Wildman–Crippen LogP) is 2.68. The zero-order chi connectivity index (χ0) is 15.0. The summed E-state index contributed by atoms with van der Waals surface area (Å²) in [6.45, 7) is 4.47. The van der Waals surface area contributed by atoms with Crippen molar-refractivity contribution < 1.29 is 14.6 Å². The zero-order valence-electron chi connectivity index (χ0n) is 13.4. The highest BCUT2D eigenvalue weighted by Crippen LogP contribution is 2.28. The molecule has 4 heteroatoms. The molecule has 3 atom stereocenters. The van der Waals surface area contributed by atoms with Gasteiger partial charge in [-0.3, -0.25) is 0 Å². The summed E-state index contributed by atoms with van der Waals surface area (Å²) in [6, 6.07) is -0.134. The van der Waals surface area contributed by atoms with Crippen molar-refractivity contribution in [3.8, 4) is 0 Å². The summed E-state index contributed by atoms with van der Waals surface area (Å²) in [5.41, 5.74) is 6.19. The van der Waals surface area contributed by atoms with Crippen LogP contribution < -0.4 is 5.73 Å². The van der Waals surface area contributed by atoms with Gasteiger partial charge in [-0.05, 0) is 18.3 Å². The maximum atomic E-state index is 10.3. The van der Waals surface area contributed by atoms with Crippen LogP contribution in [0.4, 0.5) is 0 Å². The molecule has 3 N–H and O–H groups in total. The molecule has 0 spiro atoms. The van der Waals surface area contributed by atoms with Crippen LogP contribution in [-0.2, 0) is 9.47 Å². The Kier molecular flexibility index (Phi) is 8.69. The van der Waals surface area contributed by atoms with Crippen molar-refractivity contribution in [2.24, 2.45) is 17.6 Å². The molecule has 1 saturated carbocycles. The fourth-order valence-corrected chi connectivity index (χ4v) is 3.07. The Morgan fingerprint density at radius 1 is 1.20 bits per heavy atom. The van der Waals surface area contributed by atoms with Gasteiger partial charge < -0.3 is 20.3 Å². The van der Waals surface area contributed by atoms with Gasteiger partial charge in [0.1, 0.15) is 6.79 Å². The number of aliphatic hydroxyl groups is 1. The Morgan fingerprint density at radius 2 is 1.85 bits per heavy atom. The molecule has 0 bridgehead atoms. The molecule has 4 nitrogen and oxygen atoms in total. The number of rotatable bonds is 9. The van der Waals surface area contributed by atoms with E-state index in [1.54, 1.807) is 7.11 Å². The minimum absolute atomic E-state index is 0.00218. The topological polar surface area (TPSA) is 64.7 Å². The number of ether oxygens (including phenoxy) is 2. The molecule has 0 aliphatic heterocycles. The van der Waals surface area contributed by atoms with Crippen LogP contribution in [0.15, 0.2) is 0 Å². The van der Waals surface area contributed by atoms with Crippen LogP contribution in [0, 0.1) is 11.8 Å². The van der Waals surface area contributed by atoms with E-state index in [4.69, 9.17) is 15.2 Å². The van der Waals surface area contributed by atoms with Crippen molar-refractivity contribution >= 4 is 0 Å². The van der Waals surface area contributed by atoms with Crippen LogP contribution >= 0.6 is 0 Å². The summed E-state index contributed by atoms with van der Waals surface area (Å²) >= 11 is 0. The molecule has 20 heavy (non-hydrogen) atoms. The van der Waals surface area contributed by atoms with E-state index in [2.05, 4.69) is 13.8 Å². The van der Waals surface area contributed by atoms with Crippen LogP contribution in [0.25, 0.3) is 0 Å². The predicted molar refractivity (Wildman–Crippen MR) is 81.4 cm³/mol. The summed E-state index contributed by atoms with van der Waals surface area (Å²) in [4.78, 5) is 0. The van der Waals surface area contributed by atoms with Crippen LogP contribution in [-0.4, -0.2) is 37.3 Å². The van der Waals surface area contributed by atoms with Crippen molar-refractivity contribution in [2.45, 2.75) is 77.0 Å². The largest absolute Gasteiger partial charge is 0.391 e. The van der Waals surface area contributed by atoms with E-state index in [-0.39, 0.29) is 18.9 Å². The lowest BCUT2D eigenvalue weighted by Gasteiger charge is -2.30. The summed E-state index contributed by atoms with van der Waals surface area (Å²) < 4.78 is 10.6. The minimum atomic E-state index is -0.485. The van der Waals surface area contributed by atoms with Gasteiger partial charge in [0.15, 0.2) is 0 Å². The van der Waals surface area contributed by atoms with E-state index >= 15 is 0 Å². The first kappa shape index (κ1) is 17.9. The van der Waals surface area contributed by atoms with Crippen molar-refractivity contribution in [2.75, 3.05) is 13.9 Å². The normalized spacial score (nSPS) is 21.9. The van der Waals surface area contributed by atoms with E-state index in [0.29, 0.717) is 18.3 Å². The molecule has 0 aromatic rings. The summed E-state index contributed by atoms with van der Waals surface area (Å²) in [6.07, 6.45) is 7.59. The van der Waals surface area contributed by atoms with Crippen molar-refractivity contribution in [3.63, 3.8) is 0 Å². The zero-order valence-corrected chi connectivity index (χ0v) is 13.4. The highest BCUT2D eigenvalue weighted by molar-refractivity contribution is 4.80. The monoisotopic (exact) mass is 287 g/mol. The maximum Gasteiger partial charge on any atom is 0.146 e. The SMILES string of the molecule is COCO[C@@H](C[C@H](O)[C@@H](N)CC1CCCCC1)C(C)C. The standard InChI is InChI=1S/C16H33NO3/c1-12(2)16(20-11-19-3)10-15(18)14(17)9-13-7-5-4-6-8-13/h12-16,18H,4-11,17H2,1-3H3/t14-,15-,16-/m0/s1. The summed E-state index contributed by atoms with van der Waals surface area (Å²) in [5.74, 6) is 1.05. The quantitative estimate of drug-likeness (QED) is 0.640. The summed E-state index contributed by atoms with van der Waals surface area (Å²) in [5, 5.41) is 10.3. The van der Waals surface area contributed by atoms with Gasteiger partial charge in [0.05, 0.1) is 12.2 Å². The first-order chi connectivity index (χ1) is 9.54.